The molecule has 1 amide bonds. The number of hydrogen-bond donors (Lipinski definition) is 1. The van der Waals surface area contributed by atoms with Gasteiger partial charge in [0, 0.05) is 25.7 Å². The van der Waals surface area contributed by atoms with Crippen LogP contribution in [0.15, 0.2) is 48.7 Å². The summed E-state index contributed by atoms with van der Waals surface area (Å²) in [6, 6.07) is 13.7. The molecule has 3 heterocycles. The first-order chi connectivity index (χ1) is 12.8. The molecule has 1 aliphatic heterocycles. The Hall–Kier alpha value is -2.86. The molecule has 1 aliphatic rings. The van der Waals surface area contributed by atoms with E-state index in [0.717, 1.165) is 42.2 Å². The molecule has 0 radical (unpaired) electrons. The Balaban J connectivity index is 1.65. The molecule has 26 heavy (non-hydrogen) atoms. The number of rotatable bonds is 4. The SMILES string of the molecule is CCc1nc(C(=O)Nc2ccccc2N2CCOCC2)c2ccccn12. The van der Waals surface area contributed by atoms with Crippen LogP contribution in [0, 0.1) is 0 Å². The number of ether oxygens (including phenoxy) is 1. The quantitative estimate of drug-likeness (QED) is 0.786. The van der Waals surface area contributed by atoms with E-state index in [9.17, 15) is 4.79 Å². The van der Waals surface area contributed by atoms with Crippen molar-refractivity contribution in [2.75, 3.05) is 36.5 Å². The Morgan fingerprint density at radius 3 is 2.73 bits per heavy atom. The van der Waals surface area contributed by atoms with Gasteiger partial charge in [-0.05, 0) is 24.3 Å². The molecule has 0 spiro atoms. The number of carbonyl (C=O) groups excluding carboxylic acids is 1. The van der Waals surface area contributed by atoms with Crippen molar-refractivity contribution < 1.29 is 9.53 Å². The van der Waals surface area contributed by atoms with Gasteiger partial charge in [-0.15, -0.1) is 0 Å². The number of carbonyl (C=O) groups is 1. The van der Waals surface area contributed by atoms with Gasteiger partial charge in [0.05, 0.1) is 30.1 Å². The standard InChI is InChI=1S/C20H22N4O2/c1-2-18-22-19(17-9-5-6-10-24(17)18)20(25)21-15-7-3-4-8-16(15)23-11-13-26-14-12-23/h3-10H,2,11-14H2,1H3,(H,21,25). The van der Waals surface area contributed by atoms with Gasteiger partial charge in [0.2, 0.25) is 0 Å². The summed E-state index contributed by atoms with van der Waals surface area (Å²) < 4.78 is 7.41. The van der Waals surface area contributed by atoms with Crippen LogP contribution in [0.1, 0.15) is 23.2 Å². The predicted molar refractivity (Wildman–Crippen MR) is 102 cm³/mol. The molecular formula is C20H22N4O2. The lowest BCUT2D eigenvalue weighted by molar-refractivity contribution is 0.102. The van der Waals surface area contributed by atoms with Crippen molar-refractivity contribution in [3.8, 4) is 0 Å². The van der Waals surface area contributed by atoms with E-state index in [1.54, 1.807) is 0 Å². The number of para-hydroxylation sites is 2. The molecule has 134 valence electrons. The van der Waals surface area contributed by atoms with Gasteiger partial charge < -0.3 is 19.4 Å². The predicted octanol–water partition coefficient (Wildman–Crippen LogP) is 2.99. The fraction of sp³-hybridized carbons (Fsp3) is 0.300. The van der Waals surface area contributed by atoms with E-state index >= 15 is 0 Å². The molecule has 6 nitrogen and oxygen atoms in total. The highest BCUT2D eigenvalue weighted by Gasteiger charge is 2.20. The summed E-state index contributed by atoms with van der Waals surface area (Å²) in [6.45, 7) is 5.08. The zero-order valence-electron chi connectivity index (χ0n) is 14.8. The third kappa shape index (κ3) is 3.04. The number of amides is 1. The molecule has 2 aromatic heterocycles. The van der Waals surface area contributed by atoms with Crippen LogP contribution in [-0.4, -0.2) is 41.6 Å². The third-order valence-corrected chi connectivity index (χ3v) is 4.66. The summed E-state index contributed by atoms with van der Waals surface area (Å²) in [6.07, 6.45) is 2.71. The maximum absolute atomic E-state index is 13.0. The van der Waals surface area contributed by atoms with Gasteiger partial charge in [0.1, 0.15) is 5.82 Å². The van der Waals surface area contributed by atoms with Crippen molar-refractivity contribution in [2.24, 2.45) is 0 Å². The van der Waals surface area contributed by atoms with Crippen molar-refractivity contribution in [1.82, 2.24) is 9.38 Å². The molecule has 0 saturated carbocycles. The average molecular weight is 350 g/mol. The fourth-order valence-electron chi connectivity index (χ4n) is 3.36. The maximum Gasteiger partial charge on any atom is 0.276 e. The summed E-state index contributed by atoms with van der Waals surface area (Å²) in [5.74, 6) is 0.696. The van der Waals surface area contributed by atoms with Crippen molar-refractivity contribution in [2.45, 2.75) is 13.3 Å². The molecule has 1 N–H and O–H groups in total. The molecular weight excluding hydrogens is 328 g/mol. The van der Waals surface area contributed by atoms with Crippen LogP contribution in [0.2, 0.25) is 0 Å². The van der Waals surface area contributed by atoms with Gasteiger partial charge in [0.25, 0.3) is 5.91 Å². The Kier molecular flexibility index (Phi) is 4.58. The number of pyridine rings is 1. The second-order valence-corrected chi connectivity index (χ2v) is 6.26. The van der Waals surface area contributed by atoms with Gasteiger partial charge in [-0.2, -0.15) is 0 Å². The van der Waals surface area contributed by atoms with E-state index in [2.05, 4.69) is 15.2 Å². The number of aryl methyl sites for hydroxylation is 1. The number of benzene rings is 1. The van der Waals surface area contributed by atoms with Crippen molar-refractivity contribution in [1.29, 1.82) is 0 Å². The number of nitrogens with one attached hydrogen (secondary N) is 1. The Bertz CT molecular complexity index is 928. The van der Waals surface area contributed by atoms with Gasteiger partial charge in [-0.25, -0.2) is 4.98 Å². The Morgan fingerprint density at radius 2 is 1.92 bits per heavy atom. The molecule has 0 aliphatic carbocycles. The number of morpholine rings is 1. The first-order valence-corrected chi connectivity index (χ1v) is 8.97. The molecule has 1 aromatic carbocycles. The van der Waals surface area contributed by atoms with Gasteiger partial charge in [0.15, 0.2) is 5.69 Å². The molecule has 0 unspecified atom stereocenters. The molecule has 3 aromatic rings. The van der Waals surface area contributed by atoms with E-state index in [0.29, 0.717) is 18.9 Å². The smallest absolute Gasteiger partial charge is 0.276 e. The number of nitrogens with zero attached hydrogens (tertiary/aromatic N) is 3. The zero-order chi connectivity index (χ0) is 17.9. The number of imidazole rings is 1. The van der Waals surface area contributed by atoms with Crippen LogP contribution in [0.25, 0.3) is 5.52 Å². The fourth-order valence-corrected chi connectivity index (χ4v) is 3.36. The monoisotopic (exact) mass is 350 g/mol. The second-order valence-electron chi connectivity index (χ2n) is 6.26. The van der Waals surface area contributed by atoms with E-state index in [4.69, 9.17) is 4.74 Å². The van der Waals surface area contributed by atoms with Crippen molar-refractivity contribution >= 4 is 22.8 Å². The van der Waals surface area contributed by atoms with Crippen molar-refractivity contribution in [3.05, 3.63) is 60.2 Å². The van der Waals surface area contributed by atoms with Crippen molar-refractivity contribution in [3.63, 3.8) is 0 Å². The van der Waals surface area contributed by atoms with Gasteiger partial charge >= 0.3 is 0 Å². The zero-order valence-corrected chi connectivity index (χ0v) is 14.8. The van der Waals surface area contributed by atoms with Crippen LogP contribution in [0.5, 0.6) is 0 Å². The molecule has 1 fully saturated rings. The van der Waals surface area contributed by atoms with Crippen LogP contribution < -0.4 is 10.2 Å². The van der Waals surface area contributed by atoms with Crippen LogP contribution in [-0.2, 0) is 11.2 Å². The van der Waals surface area contributed by atoms with E-state index in [1.165, 1.54) is 0 Å². The minimum Gasteiger partial charge on any atom is -0.378 e. The van der Waals surface area contributed by atoms with E-state index < -0.39 is 0 Å². The average Bonchev–Trinajstić information content (AvgIpc) is 3.08. The molecule has 4 rings (SSSR count). The summed E-state index contributed by atoms with van der Waals surface area (Å²) in [5, 5.41) is 3.06. The molecule has 1 saturated heterocycles. The third-order valence-electron chi connectivity index (χ3n) is 4.66. The van der Waals surface area contributed by atoms with Crippen LogP contribution in [0.3, 0.4) is 0 Å². The van der Waals surface area contributed by atoms with E-state index in [1.807, 2.05) is 60.0 Å². The molecule has 6 heteroatoms. The summed E-state index contributed by atoms with van der Waals surface area (Å²) in [4.78, 5) is 19.8. The minimum atomic E-state index is -0.186. The first kappa shape index (κ1) is 16.6. The maximum atomic E-state index is 13.0. The lowest BCUT2D eigenvalue weighted by Crippen LogP contribution is -2.36. The minimum absolute atomic E-state index is 0.186. The number of anilines is 2. The lowest BCUT2D eigenvalue weighted by Gasteiger charge is -2.30. The largest absolute Gasteiger partial charge is 0.378 e. The first-order valence-electron chi connectivity index (χ1n) is 8.97. The van der Waals surface area contributed by atoms with Gasteiger partial charge in [-0.3, -0.25) is 4.79 Å². The van der Waals surface area contributed by atoms with Crippen LogP contribution in [0.4, 0.5) is 11.4 Å². The highest BCUT2D eigenvalue weighted by atomic mass is 16.5. The number of fused-ring (bicyclic) bond motifs is 1. The molecule has 0 bridgehead atoms. The number of aromatic nitrogens is 2. The summed E-state index contributed by atoms with van der Waals surface area (Å²) in [5.41, 5.74) is 3.10. The highest BCUT2D eigenvalue weighted by molar-refractivity contribution is 6.09. The van der Waals surface area contributed by atoms with E-state index in [-0.39, 0.29) is 5.91 Å². The van der Waals surface area contributed by atoms with Gasteiger partial charge in [-0.1, -0.05) is 25.1 Å². The number of hydrogen-bond acceptors (Lipinski definition) is 4. The Morgan fingerprint density at radius 1 is 1.15 bits per heavy atom. The highest BCUT2D eigenvalue weighted by Crippen LogP contribution is 2.27. The molecule has 0 atom stereocenters. The lowest BCUT2D eigenvalue weighted by atomic mass is 10.2. The summed E-state index contributed by atoms with van der Waals surface area (Å²) >= 11 is 0. The normalized spacial score (nSPS) is 14.6. The topological polar surface area (TPSA) is 58.9 Å². The summed E-state index contributed by atoms with van der Waals surface area (Å²) in [7, 11) is 0. The Labute approximate surface area is 152 Å². The second kappa shape index (κ2) is 7.17. The van der Waals surface area contributed by atoms with Crippen LogP contribution >= 0.6 is 0 Å².